The van der Waals surface area contributed by atoms with Crippen molar-refractivity contribution in [2.75, 3.05) is 13.1 Å². The molecule has 0 bridgehead atoms. The number of hydrogen-bond acceptors (Lipinski definition) is 3. The first kappa shape index (κ1) is 14.8. The molecule has 110 valence electrons. The highest BCUT2D eigenvalue weighted by Crippen LogP contribution is 2.25. The number of nitrogens with one attached hydrogen (secondary N) is 1. The van der Waals surface area contributed by atoms with Crippen molar-refractivity contribution in [3.05, 3.63) is 0 Å². The largest absolute Gasteiger partial charge is 0.351 e. The van der Waals surface area contributed by atoms with Gasteiger partial charge in [0.1, 0.15) is 0 Å². The molecule has 0 aromatic carbocycles. The maximum atomic E-state index is 12.0. The van der Waals surface area contributed by atoms with E-state index in [9.17, 15) is 4.79 Å². The van der Waals surface area contributed by atoms with E-state index in [-0.39, 0.29) is 17.9 Å². The summed E-state index contributed by atoms with van der Waals surface area (Å²) >= 11 is 0. The third-order valence-electron chi connectivity index (χ3n) is 4.68. The fourth-order valence-electron chi connectivity index (χ4n) is 3.28. The van der Waals surface area contributed by atoms with Crippen LogP contribution >= 0.6 is 0 Å². The van der Waals surface area contributed by atoms with E-state index in [2.05, 4.69) is 10.2 Å². The topological polar surface area (TPSA) is 58.4 Å². The van der Waals surface area contributed by atoms with E-state index in [1.807, 2.05) is 13.8 Å². The van der Waals surface area contributed by atoms with Crippen molar-refractivity contribution in [3.8, 4) is 0 Å². The Balaban J connectivity index is 1.77. The number of amides is 1. The van der Waals surface area contributed by atoms with Crippen LogP contribution in [0.5, 0.6) is 0 Å². The van der Waals surface area contributed by atoms with Crippen molar-refractivity contribution in [2.24, 2.45) is 11.7 Å². The van der Waals surface area contributed by atoms with Gasteiger partial charge in [-0.15, -0.1) is 0 Å². The van der Waals surface area contributed by atoms with Crippen LogP contribution in [0.1, 0.15) is 52.4 Å². The molecule has 4 nitrogen and oxygen atoms in total. The molecule has 2 fully saturated rings. The minimum atomic E-state index is -0.372. The molecule has 1 heterocycles. The first-order chi connectivity index (χ1) is 9.08. The lowest BCUT2D eigenvalue weighted by molar-refractivity contribution is -0.123. The number of likely N-dealkylation sites (tertiary alicyclic amines) is 1. The van der Waals surface area contributed by atoms with Gasteiger partial charge in [-0.1, -0.05) is 33.1 Å². The van der Waals surface area contributed by atoms with Crippen LogP contribution in [0.4, 0.5) is 0 Å². The average molecular weight is 267 g/mol. The van der Waals surface area contributed by atoms with Crippen molar-refractivity contribution < 1.29 is 4.79 Å². The van der Waals surface area contributed by atoms with E-state index in [1.54, 1.807) is 0 Å². The number of nitrogens with two attached hydrogens (primary N) is 1. The van der Waals surface area contributed by atoms with E-state index in [0.29, 0.717) is 6.04 Å². The van der Waals surface area contributed by atoms with Crippen LogP contribution in [0.25, 0.3) is 0 Å². The van der Waals surface area contributed by atoms with Crippen molar-refractivity contribution in [3.63, 3.8) is 0 Å². The summed E-state index contributed by atoms with van der Waals surface area (Å²) in [5.74, 6) is 0.223. The summed E-state index contributed by atoms with van der Waals surface area (Å²) in [5, 5.41) is 3.12. The summed E-state index contributed by atoms with van der Waals surface area (Å²) < 4.78 is 0. The molecule has 1 amide bonds. The van der Waals surface area contributed by atoms with Crippen LogP contribution < -0.4 is 11.1 Å². The summed E-state index contributed by atoms with van der Waals surface area (Å²) in [4.78, 5) is 14.5. The van der Waals surface area contributed by atoms with Crippen LogP contribution in [0.2, 0.25) is 0 Å². The summed E-state index contributed by atoms with van der Waals surface area (Å²) in [6.45, 7) is 6.13. The normalized spacial score (nSPS) is 27.7. The number of carbonyl (C=O) groups excluding carboxylic acids is 1. The van der Waals surface area contributed by atoms with Gasteiger partial charge in [-0.2, -0.15) is 0 Å². The highest BCUT2D eigenvalue weighted by molar-refractivity contribution is 5.82. The Labute approximate surface area is 117 Å². The summed E-state index contributed by atoms with van der Waals surface area (Å²) in [6.07, 6.45) is 7.89. The molecule has 2 unspecified atom stereocenters. The van der Waals surface area contributed by atoms with Crippen molar-refractivity contribution in [2.45, 2.75) is 70.5 Å². The molecule has 2 aliphatic rings. The number of nitrogens with zero attached hydrogens (tertiary/aromatic N) is 1. The van der Waals surface area contributed by atoms with E-state index in [0.717, 1.165) is 25.6 Å². The van der Waals surface area contributed by atoms with Crippen LogP contribution in [0.3, 0.4) is 0 Å². The highest BCUT2D eigenvalue weighted by atomic mass is 16.2. The van der Waals surface area contributed by atoms with Gasteiger partial charge >= 0.3 is 0 Å². The van der Waals surface area contributed by atoms with Gasteiger partial charge in [-0.3, -0.25) is 9.69 Å². The predicted octanol–water partition coefficient (Wildman–Crippen LogP) is 1.49. The maximum absolute atomic E-state index is 12.0. The van der Waals surface area contributed by atoms with Crippen molar-refractivity contribution >= 4 is 5.91 Å². The second-order valence-corrected chi connectivity index (χ2v) is 6.55. The Morgan fingerprint density at radius 2 is 1.89 bits per heavy atom. The van der Waals surface area contributed by atoms with Gasteiger partial charge in [0.05, 0.1) is 6.04 Å². The zero-order chi connectivity index (χ0) is 13.8. The molecule has 1 aliphatic carbocycles. The molecular weight excluding hydrogens is 238 g/mol. The van der Waals surface area contributed by atoms with Crippen LogP contribution in [0.15, 0.2) is 0 Å². The first-order valence-corrected chi connectivity index (χ1v) is 7.88. The number of hydrogen-bond donors (Lipinski definition) is 2. The predicted molar refractivity (Wildman–Crippen MR) is 77.8 cm³/mol. The van der Waals surface area contributed by atoms with Crippen molar-refractivity contribution in [1.82, 2.24) is 10.2 Å². The minimum absolute atomic E-state index is 0.0190. The Kier molecular flexibility index (Phi) is 5.22. The molecule has 4 heteroatoms. The third kappa shape index (κ3) is 3.93. The van der Waals surface area contributed by atoms with Crippen LogP contribution in [0, 0.1) is 5.92 Å². The molecule has 19 heavy (non-hydrogen) atoms. The van der Waals surface area contributed by atoms with Crippen LogP contribution in [-0.4, -0.2) is 42.0 Å². The van der Waals surface area contributed by atoms with E-state index in [4.69, 9.17) is 5.73 Å². The van der Waals surface area contributed by atoms with Gasteiger partial charge < -0.3 is 11.1 Å². The Hall–Kier alpha value is -0.610. The second-order valence-electron chi connectivity index (χ2n) is 6.55. The summed E-state index contributed by atoms with van der Waals surface area (Å²) in [6, 6.07) is 0.692. The summed E-state index contributed by atoms with van der Waals surface area (Å²) in [5.41, 5.74) is 5.89. The SMILES string of the molecule is CC(C)C(N)C(=O)NC1CCN(C2CCCCC2)C1. The van der Waals surface area contributed by atoms with E-state index in [1.165, 1.54) is 32.1 Å². The zero-order valence-corrected chi connectivity index (χ0v) is 12.4. The lowest BCUT2D eigenvalue weighted by atomic mass is 9.94. The Morgan fingerprint density at radius 3 is 2.53 bits per heavy atom. The van der Waals surface area contributed by atoms with Crippen molar-refractivity contribution in [1.29, 1.82) is 0 Å². The smallest absolute Gasteiger partial charge is 0.237 e. The molecule has 2 rings (SSSR count). The van der Waals surface area contributed by atoms with Gasteiger partial charge in [0.2, 0.25) is 5.91 Å². The summed E-state index contributed by atoms with van der Waals surface area (Å²) in [7, 11) is 0. The maximum Gasteiger partial charge on any atom is 0.237 e. The molecule has 3 N–H and O–H groups in total. The molecule has 0 aromatic rings. The van der Waals surface area contributed by atoms with Gasteiger partial charge in [-0.05, 0) is 25.2 Å². The standard InChI is InChI=1S/C15H29N3O/c1-11(2)14(16)15(19)17-12-8-9-18(10-12)13-6-4-3-5-7-13/h11-14H,3-10,16H2,1-2H3,(H,17,19). The Bertz CT molecular complexity index is 300. The molecule has 1 saturated carbocycles. The molecule has 1 aliphatic heterocycles. The molecule has 1 saturated heterocycles. The Morgan fingerprint density at radius 1 is 1.21 bits per heavy atom. The fraction of sp³-hybridized carbons (Fsp3) is 0.933. The second kappa shape index (κ2) is 6.71. The number of carbonyl (C=O) groups is 1. The van der Waals surface area contributed by atoms with E-state index >= 15 is 0 Å². The zero-order valence-electron chi connectivity index (χ0n) is 12.4. The molecule has 0 aromatic heterocycles. The third-order valence-corrected chi connectivity index (χ3v) is 4.68. The molecular formula is C15H29N3O. The first-order valence-electron chi connectivity index (χ1n) is 7.88. The van der Waals surface area contributed by atoms with Gasteiger partial charge in [0.15, 0.2) is 0 Å². The highest BCUT2D eigenvalue weighted by Gasteiger charge is 2.30. The molecule has 0 radical (unpaired) electrons. The van der Waals surface area contributed by atoms with Gasteiger partial charge in [0.25, 0.3) is 0 Å². The monoisotopic (exact) mass is 267 g/mol. The molecule has 2 atom stereocenters. The van der Waals surface area contributed by atoms with Gasteiger partial charge in [0, 0.05) is 25.2 Å². The fourth-order valence-corrected chi connectivity index (χ4v) is 3.28. The van der Waals surface area contributed by atoms with Crippen LogP contribution in [-0.2, 0) is 4.79 Å². The molecule has 0 spiro atoms. The van der Waals surface area contributed by atoms with Gasteiger partial charge in [-0.25, -0.2) is 0 Å². The van der Waals surface area contributed by atoms with E-state index < -0.39 is 0 Å². The lowest BCUT2D eigenvalue weighted by Gasteiger charge is -2.31. The number of rotatable bonds is 4. The minimum Gasteiger partial charge on any atom is -0.351 e. The quantitative estimate of drug-likeness (QED) is 0.811. The average Bonchev–Trinajstić information content (AvgIpc) is 2.87. The lowest BCUT2D eigenvalue weighted by Crippen LogP contribution is -2.49.